The summed E-state index contributed by atoms with van der Waals surface area (Å²) in [5, 5.41) is 7.69. The minimum absolute atomic E-state index is 0. The molecule has 1 atom stereocenters. The van der Waals surface area contributed by atoms with Gasteiger partial charge in [0.15, 0.2) is 5.96 Å². The third kappa shape index (κ3) is 6.50. The summed E-state index contributed by atoms with van der Waals surface area (Å²) >= 11 is 1.73. The molecule has 0 amide bonds. The van der Waals surface area contributed by atoms with Gasteiger partial charge >= 0.3 is 0 Å². The topological polar surface area (TPSA) is 49.3 Å². The van der Waals surface area contributed by atoms with Crippen molar-refractivity contribution in [3.8, 4) is 0 Å². The van der Waals surface area contributed by atoms with Crippen molar-refractivity contribution < 1.29 is 4.39 Å². The van der Waals surface area contributed by atoms with Gasteiger partial charge in [-0.2, -0.15) is 0 Å². The van der Waals surface area contributed by atoms with Crippen LogP contribution in [0.1, 0.15) is 46.6 Å². The molecule has 1 unspecified atom stereocenters. The molecular weight excluding hydrogens is 462 g/mol. The Labute approximate surface area is 176 Å². The SMILES string of the molecule is CCNC(=NCCc1sc(C)nc1C)NC(C)c1ccc(C)c(F)c1.I. The van der Waals surface area contributed by atoms with Gasteiger partial charge in [-0.15, -0.1) is 35.3 Å². The van der Waals surface area contributed by atoms with Crippen LogP contribution in [0.25, 0.3) is 0 Å². The number of halogens is 2. The second kappa shape index (κ2) is 10.8. The highest BCUT2D eigenvalue weighted by molar-refractivity contribution is 14.0. The van der Waals surface area contributed by atoms with Crippen molar-refractivity contribution in [2.75, 3.05) is 13.1 Å². The Kier molecular flexibility index (Phi) is 9.49. The molecule has 0 aliphatic carbocycles. The average Bonchev–Trinajstić information content (AvgIpc) is 2.87. The minimum Gasteiger partial charge on any atom is -0.357 e. The second-order valence-electron chi connectivity index (χ2n) is 6.13. The zero-order valence-corrected chi connectivity index (χ0v) is 19.2. The summed E-state index contributed by atoms with van der Waals surface area (Å²) in [7, 11) is 0. The summed E-state index contributed by atoms with van der Waals surface area (Å²) in [6, 6.07) is 5.31. The zero-order valence-electron chi connectivity index (χ0n) is 16.0. The lowest BCUT2D eigenvalue weighted by Crippen LogP contribution is -2.38. The van der Waals surface area contributed by atoms with E-state index in [0.717, 1.165) is 35.2 Å². The maximum atomic E-state index is 13.8. The van der Waals surface area contributed by atoms with E-state index in [1.807, 2.05) is 39.8 Å². The number of benzene rings is 1. The fraction of sp³-hybridized carbons (Fsp3) is 0.474. The maximum Gasteiger partial charge on any atom is 0.191 e. The molecule has 7 heteroatoms. The highest BCUT2D eigenvalue weighted by Gasteiger charge is 2.10. The molecule has 26 heavy (non-hydrogen) atoms. The van der Waals surface area contributed by atoms with Crippen LogP contribution in [0.3, 0.4) is 0 Å². The quantitative estimate of drug-likeness (QED) is 0.351. The molecule has 2 N–H and O–H groups in total. The normalized spacial score (nSPS) is 12.5. The standard InChI is InChI=1S/C19H27FN4S.HI/c1-6-21-19(22-10-9-18-14(4)23-15(5)25-18)24-13(3)16-8-7-12(2)17(20)11-16;/h7-8,11,13H,6,9-10H2,1-5H3,(H2,21,22,24);1H. The van der Waals surface area contributed by atoms with Crippen LogP contribution in [-0.4, -0.2) is 24.0 Å². The van der Waals surface area contributed by atoms with Crippen LogP contribution >= 0.6 is 35.3 Å². The van der Waals surface area contributed by atoms with E-state index in [1.54, 1.807) is 24.3 Å². The average molecular weight is 490 g/mol. The molecule has 0 radical (unpaired) electrons. The van der Waals surface area contributed by atoms with Gasteiger partial charge in [-0.3, -0.25) is 4.99 Å². The molecule has 1 aromatic carbocycles. The monoisotopic (exact) mass is 490 g/mol. The van der Waals surface area contributed by atoms with Gasteiger partial charge in [-0.25, -0.2) is 9.37 Å². The van der Waals surface area contributed by atoms with E-state index >= 15 is 0 Å². The van der Waals surface area contributed by atoms with Crippen molar-refractivity contribution in [1.29, 1.82) is 0 Å². The first-order valence-corrected chi connectivity index (χ1v) is 9.46. The molecule has 0 spiro atoms. The van der Waals surface area contributed by atoms with Crippen molar-refractivity contribution in [1.82, 2.24) is 15.6 Å². The van der Waals surface area contributed by atoms with E-state index in [9.17, 15) is 4.39 Å². The number of aryl methyl sites for hydroxylation is 3. The van der Waals surface area contributed by atoms with Crippen molar-refractivity contribution in [2.24, 2.45) is 4.99 Å². The van der Waals surface area contributed by atoms with Crippen molar-refractivity contribution in [3.05, 3.63) is 50.7 Å². The van der Waals surface area contributed by atoms with Crippen molar-refractivity contribution in [3.63, 3.8) is 0 Å². The summed E-state index contributed by atoms with van der Waals surface area (Å²) in [6.45, 7) is 11.3. The molecule has 0 aliphatic heterocycles. The lowest BCUT2D eigenvalue weighted by molar-refractivity contribution is 0.607. The number of aromatic nitrogens is 1. The van der Waals surface area contributed by atoms with Crippen LogP contribution in [0.2, 0.25) is 0 Å². The van der Waals surface area contributed by atoms with E-state index < -0.39 is 0 Å². The van der Waals surface area contributed by atoms with Gasteiger partial charge < -0.3 is 10.6 Å². The summed E-state index contributed by atoms with van der Waals surface area (Å²) in [6.07, 6.45) is 0.876. The first-order valence-electron chi connectivity index (χ1n) is 8.64. The van der Waals surface area contributed by atoms with E-state index in [-0.39, 0.29) is 35.8 Å². The molecule has 0 aliphatic rings. The summed E-state index contributed by atoms with van der Waals surface area (Å²) in [5.74, 6) is 0.569. The number of nitrogens with one attached hydrogen (secondary N) is 2. The molecule has 0 fully saturated rings. The van der Waals surface area contributed by atoms with Gasteiger partial charge in [-0.05, 0) is 51.8 Å². The smallest absolute Gasteiger partial charge is 0.191 e. The van der Waals surface area contributed by atoms with E-state index in [4.69, 9.17) is 0 Å². The number of hydrogen-bond acceptors (Lipinski definition) is 3. The number of nitrogens with zero attached hydrogens (tertiary/aromatic N) is 2. The van der Waals surface area contributed by atoms with Crippen LogP contribution in [0, 0.1) is 26.6 Å². The Hall–Kier alpha value is -1.22. The van der Waals surface area contributed by atoms with Crippen LogP contribution < -0.4 is 10.6 Å². The van der Waals surface area contributed by atoms with Crippen molar-refractivity contribution in [2.45, 2.75) is 47.1 Å². The van der Waals surface area contributed by atoms with Gasteiger partial charge in [0.05, 0.1) is 16.7 Å². The fourth-order valence-electron chi connectivity index (χ4n) is 2.56. The molecule has 2 aromatic rings. The summed E-state index contributed by atoms with van der Waals surface area (Å²) in [4.78, 5) is 10.4. The Morgan fingerprint density at radius 1 is 1.31 bits per heavy atom. The third-order valence-electron chi connectivity index (χ3n) is 4.00. The number of rotatable bonds is 6. The van der Waals surface area contributed by atoms with Gasteiger partial charge in [0.25, 0.3) is 0 Å². The zero-order chi connectivity index (χ0) is 18.4. The molecule has 1 heterocycles. The van der Waals surface area contributed by atoms with Gasteiger partial charge in [0.2, 0.25) is 0 Å². The molecule has 0 bridgehead atoms. The maximum absolute atomic E-state index is 13.8. The van der Waals surface area contributed by atoms with Crippen molar-refractivity contribution >= 4 is 41.3 Å². The van der Waals surface area contributed by atoms with Crippen LogP contribution in [0.4, 0.5) is 4.39 Å². The molecule has 2 rings (SSSR count). The second-order valence-corrected chi connectivity index (χ2v) is 7.41. The van der Waals surface area contributed by atoms with Gasteiger partial charge in [0, 0.05) is 24.4 Å². The number of thiazole rings is 1. The third-order valence-corrected chi connectivity index (χ3v) is 5.13. The number of hydrogen-bond donors (Lipinski definition) is 2. The Morgan fingerprint density at radius 2 is 2.04 bits per heavy atom. The largest absolute Gasteiger partial charge is 0.357 e. The highest BCUT2D eigenvalue weighted by atomic mass is 127. The summed E-state index contributed by atoms with van der Waals surface area (Å²) < 4.78 is 13.8. The number of guanidine groups is 1. The van der Waals surface area contributed by atoms with Crippen LogP contribution in [-0.2, 0) is 6.42 Å². The van der Waals surface area contributed by atoms with E-state index in [0.29, 0.717) is 12.1 Å². The first kappa shape index (κ1) is 22.8. The van der Waals surface area contributed by atoms with Crippen LogP contribution in [0.15, 0.2) is 23.2 Å². The molecule has 1 aromatic heterocycles. The Bertz CT molecular complexity index is 745. The minimum atomic E-state index is -0.177. The highest BCUT2D eigenvalue weighted by Crippen LogP contribution is 2.18. The lowest BCUT2D eigenvalue weighted by Gasteiger charge is -2.18. The predicted molar refractivity (Wildman–Crippen MR) is 119 cm³/mol. The number of aliphatic imine (C=N–C) groups is 1. The van der Waals surface area contributed by atoms with E-state index in [1.165, 1.54) is 4.88 Å². The van der Waals surface area contributed by atoms with Gasteiger partial charge in [0.1, 0.15) is 5.82 Å². The predicted octanol–water partition coefficient (Wildman–Crippen LogP) is 4.68. The Morgan fingerprint density at radius 3 is 2.62 bits per heavy atom. The van der Waals surface area contributed by atoms with E-state index in [2.05, 4.69) is 20.6 Å². The van der Waals surface area contributed by atoms with Crippen LogP contribution in [0.5, 0.6) is 0 Å². The van der Waals surface area contributed by atoms with Gasteiger partial charge in [-0.1, -0.05) is 12.1 Å². The molecule has 0 saturated heterocycles. The molecule has 4 nitrogen and oxygen atoms in total. The first-order chi connectivity index (χ1) is 11.9. The molecular formula is C19H28FIN4S. The fourth-order valence-corrected chi connectivity index (χ4v) is 3.49. The molecule has 0 saturated carbocycles. The molecule has 144 valence electrons. The summed E-state index contributed by atoms with van der Waals surface area (Å²) in [5.41, 5.74) is 2.66. The Balaban J connectivity index is 0.00000338. The lowest BCUT2D eigenvalue weighted by atomic mass is 10.1.